The molecule has 1 amide bonds. The van der Waals surface area contributed by atoms with Crippen molar-refractivity contribution in [3.05, 3.63) is 51.3 Å². The van der Waals surface area contributed by atoms with E-state index in [1.165, 1.54) is 15.8 Å². The zero-order valence-electron chi connectivity index (χ0n) is 16.5. The summed E-state index contributed by atoms with van der Waals surface area (Å²) in [5.74, 6) is -0.0560. The van der Waals surface area contributed by atoms with E-state index in [1.54, 1.807) is 11.8 Å². The minimum absolute atomic E-state index is 0.0560. The van der Waals surface area contributed by atoms with E-state index < -0.39 is 11.9 Å². The summed E-state index contributed by atoms with van der Waals surface area (Å²) in [7, 11) is 0. The molecule has 29 heavy (non-hydrogen) atoms. The van der Waals surface area contributed by atoms with Gasteiger partial charge in [0, 0.05) is 39.1 Å². The first-order valence-electron chi connectivity index (χ1n) is 9.51. The van der Waals surface area contributed by atoms with Gasteiger partial charge in [-0.3, -0.25) is 14.4 Å². The van der Waals surface area contributed by atoms with E-state index in [0.29, 0.717) is 18.8 Å². The fourth-order valence-corrected chi connectivity index (χ4v) is 3.90. The Hall–Kier alpha value is -1.87. The van der Waals surface area contributed by atoms with Gasteiger partial charge in [-0.1, -0.05) is 29.8 Å². The molecule has 2 aromatic rings. The molecule has 0 unspecified atom stereocenters. The van der Waals surface area contributed by atoms with Crippen LogP contribution in [0.1, 0.15) is 28.9 Å². The van der Waals surface area contributed by atoms with Crippen LogP contribution in [0.2, 0.25) is 0 Å². The van der Waals surface area contributed by atoms with E-state index in [1.807, 2.05) is 0 Å². The number of piperazine rings is 1. The number of aryl methyl sites for hydroxylation is 2. The molecule has 1 aromatic carbocycles. The predicted octanol–water partition coefficient (Wildman–Crippen LogP) is 4.02. The maximum atomic E-state index is 13.0. The van der Waals surface area contributed by atoms with Gasteiger partial charge in [-0.05, 0) is 35.3 Å². The van der Waals surface area contributed by atoms with Gasteiger partial charge in [-0.15, -0.1) is 0 Å². The summed E-state index contributed by atoms with van der Waals surface area (Å²) in [4.78, 5) is 16.6. The van der Waals surface area contributed by atoms with Crippen LogP contribution in [0.15, 0.2) is 28.7 Å². The number of carbonyl (C=O) groups excluding carboxylic acids is 1. The van der Waals surface area contributed by atoms with Gasteiger partial charge in [0.25, 0.3) is 0 Å². The first-order valence-corrected chi connectivity index (χ1v) is 10.3. The second-order valence-corrected chi connectivity index (χ2v) is 8.15. The molecule has 5 nitrogen and oxygen atoms in total. The van der Waals surface area contributed by atoms with E-state index >= 15 is 0 Å². The lowest BCUT2D eigenvalue weighted by molar-refractivity contribution is -0.142. The maximum absolute atomic E-state index is 13.0. The second-order valence-electron chi connectivity index (χ2n) is 7.36. The van der Waals surface area contributed by atoms with E-state index in [4.69, 9.17) is 0 Å². The standard InChI is InChI=1S/C20H24BrF3N4O/c1-14-3-5-16(6-4-14)13-26-9-11-27(12-10-26)17(29)7-8-28-15(2)18(21)19(25-28)20(22,23)24/h3-6H,7-13H2,1-2H3. The summed E-state index contributed by atoms with van der Waals surface area (Å²) in [6.07, 6.45) is -4.39. The Morgan fingerprint density at radius 2 is 1.72 bits per heavy atom. The average molecular weight is 473 g/mol. The lowest BCUT2D eigenvalue weighted by Gasteiger charge is -2.34. The molecule has 1 aromatic heterocycles. The third-order valence-corrected chi connectivity index (χ3v) is 6.14. The van der Waals surface area contributed by atoms with E-state index in [-0.39, 0.29) is 23.3 Å². The number of amides is 1. The van der Waals surface area contributed by atoms with Crippen molar-refractivity contribution in [3.63, 3.8) is 0 Å². The number of rotatable bonds is 5. The van der Waals surface area contributed by atoms with Gasteiger partial charge in [0.15, 0.2) is 5.69 Å². The Balaban J connectivity index is 1.49. The predicted molar refractivity (Wildman–Crippen MR) is 107 cm³/mol. The second kappa shape index (κ2) is 8.87. The Labute approximate surface area is 176 Å². The molecule has 1 aliphatic rings. The van der Waals surface area contributed by atoms with Gasteiger partial charge in [0.1, 0.15) is 0 Å². The third kappa shape index (κ3) is 5.39. The van der Waals surface area contributed by atoms with E-state index in [9.17, 15) is 18.0 Å². The molecule has 0 spiro atoms. The molecule has 2 heterocycles. The molecule has 1 saturated heterocycles. The van der Waals surface area contributed by atoms with Crippen LogP contribution in [0, 0.1) is 13.8 Å². The zero-order valence-corrected chi connectivity index (χ0v) is 18.1. The number of carbonyl (C=O) groups is 1. The van der Waals surface area contributed by atoms with Crippen LogP contribution in [0.5, 0.6) is 0 Å². The monoisotopic (exact) mass is 472 g/mol. The van der Waals surface area contributed by atoms with Crippen molar-refractivity contribution in [1.82, 2.24) is 19.6 Å². The Kier molecular flexibility index (Phi) is 6.68. The van der Waals surface area contributed by atoms with Crippen LogP contribution in [-0.4, -0.2) is 51.7 Å². The summed E-state index contributed by atoms with van der Waals surface area (Å²) < 4.78 is 40.1. The van der Waals surface area contributed by atoms with Crippen LogP contribution < -0.4 is 0 Å². The van der Waals surface area contributed by atoms with Crippen LogP contribution in [0.4, 0.5) is 13.2 Å². The summed E-state index contributed by atoms with van der Waals surface area (Å²) in [6, 6.07) is 8.42. The number of hydrogen-bond donors (Lipinski definition) is 0. The number of hydrogen-bond acceptors (Lipinski definition) is 3. The van der Waals surface area contributed by atoms with E-state index in [0.717, 1.165) is 19.6 Å². The molecule has 0 atom stereocenters. The number of halogens is 4. The quantitative estimate of drug-likeness (QED) is 0.659. The molecular weight excluding hydrogens is 449 g/mol. The number of aromatic nitrogens is 2. The highest BCUT2D eigenvalue weighted by molar-refractivity contribution is 9.10. The minimum atomic E-state index is -4.52. The Morgan fingerprint density at radius 3 is 2.28 bits per heavy atom. The summed E-state index contributed by atoms with van der Waals surface area (Å²) in [6.45, 7) is 7.41. The van der Waals surface area contributed by atoms with Gasteiger partial charge < -0.3 is 4.90 Å². The highest BCUT2D eigenvalue weighted by Crippen LogP contribution is 2.35. The Bertz CT molecular complexity index is 856. The minimum Gasteiger partial charge on any atom is -0.340 e. The molecule has 9 heteroatoms. The Morgan fingerprint density at radius 1 is 1.10 bits per heavy atom. The first-order chi connectivity index (χ1) is 13.6. The van der Waals surface area contributed by atoms with Gasteiger partial charge in [-0.25, -0.2) is 0 Å². The number of nitrogens with zero attached hydrogens (tertiary/aromatic N) is 4. The zero-order chi connectivity index (χ0) is 21.2. The maximum Gasteiger partial charge on any atom is 0.436 e. The van der Waals surface area contributed by atoms with Crippen molar-refractivity contribution in [1.29, 1.82) is 0 Å². The molecule has 0 saturated carbocycles. The normalized spacial score (nSPS) is 15.7. The van der Waals surface area contributed by atoms with Crippen molar-refractivity contribution in [2.24, 2.45) is 0 Å². The smallest absolute Gasteiger partial charge is 0.340 e. The SMILES string of the molecule is Cc1ccc(CN2CCN(C(=O)CCn3nc(C(F)(F)F)c(Br)c3C)CC2)cc1. The molecule has 1 fully saturated rings. The fourth-order valence-electron chi connectivity index (χ4n) is 3.39. The highest BCUT2D eigenvalue weighted by atomic mass is 79.9. The lowest BCUT2D eigenvalue weighted by Crippen LogP contribution is -2.48. The van der Waals surface area contributed by atoms with E-state index in [2.05, 4.69) is 57.1 Å². The van der Waals surface area contributed by atoms with Crippen molar-refractivity contribution in [2.75, 3.05) is 26.2 Å². The molecule has 158 valence electrons. The first kappa shape index (κ1) is 21.8. The summed E-state index contributed by atoms with van der Waals surface area (Å²) in [5, 5.41) is 3.63. The lowest BCUT2D eigenvalue weighted by atomic mass is 10.1. The highest BCUT2D eigenvalue weighted by Gasteiger charge is 2.38. The number of benzene rings is 1. The molecule has 1 aliphatic heterocycles. The topological polar surface area (TPSA) is 41.4 Å². The van der Waals surface area contributed by atoms with Gasteiger partial charge >= 0.3 is 6.18 Å². The largest absolute Gasteiger partial charge is 0.436 e. The van der Waals surface area contributed by atoms with Crippen molar-refractivity contribution >= 4 is 21.8 Å². The molecular formula is C20H24BrF3N4O. The van der Waals surface area contributed by atoms with Gasteiger partial charge in [0.05, 0.1) is 16.7 Å². The number of alkyl halides is 3. The van der Waals surface area contributed by atoms with Crippen LogP contribution in [0.3, 0.4) is 0 Å². The van der Waals surface area contributed by atoms with Crippen LogP contribution in [-0.2, 0) is 24.1 Å². The summed E-state index contributed by atoms with van der Waals surface area (Å²) in [5.41, 5.74) is 1.89. The fraction of sp³-hybridized carbons (Fsp3) is 0.500. The van der Waals surface area contributed by atoms with Crippen LogP contribution >= 0.6 is 15.9 Å². The summed E-state index contributed by atoms with van der Waals surface area (Å²) >= 11 is 2.95. The molecule has 0 bridgehead atoms. The third-order valence-electron chi connectivity index (χ3n) is 5.19. The molecule has 0 N–H and O–H groups in total. The molecule has 0 aliphatic carbocycles. The molecule has 0 radical (unpaired) electrons. The molecule has 3 rings (SSSR count). The van der Waals surface area contributed by atoms with Crippen molar-refractivity contribution in [2.45, 2.75) is 39.5 Å². The van der Waals surface area contributed by atoms with Crippen molar-refractivity contribution < 1.29 is 18.0 Å². The van der Waals surface area contributed by atoms with Crippen molar-refractivity contribution in [3.8, 4) is 0 Å². The van der Waals surface area contributed by atoms with Gasteiger partial charge in [-0.2, -0.15) is 18.3 Å². The van der Waals surface area contributed by atoms with Crippen LogP contribution in [0.25, 0.3) is 0 Å². The average Bonchev–Trinajstić information content (AvgIpc) is 2.97. The van der Waals surface area contributed by atoms with Gasteiger partial charge in [0.2, 0.25) is 5.91 Å².